The molecule has 1 aliphatic rings. The van der Waals surface area contributed by atoms with Gasteiger partial charge in [-0.1, -0.05) is 23.2 Å². The van der Waals surface area contributed by atoms with Crippen LogP contribution in [0, 0.1) is 0 Å². The van der Waals surface area contributed by atoms with Gasteiger partial charge in [-0.2, -0.15) is 0 Å². The number of benzene rings is 2. The maximum absolute atomic E-state index is 11.7. The van der Waals surface area contributed by atoms with Crippen LogP contribution >= 0.6 is 23.2 Å². The summed E-state index contributed by atoms with van der Waals surface area (Å²) in [6, 6.07) is 10.1. The molecule has 6 rings (SSSR count). The lowest BCUT2D eigenvalue weighted by Crippen LogP contribution is -2.38. The molecule has 0 bridgehead atoms. The molecule has 224 valence electrons. The lowest BCUT2D eigenvalue weighted by molar-refractivity contribution is 0.0696. The zero-order valence-corrected chi connectivity index (χ0v) is 25.0. The highest BCUT2D eigenvalue weighted by Gasteiger charge is 2.24. The predicted octanol–water partition coefficient (Wildman–Crippen LogP) is 5.92. The molecule has 1 aliphatic heterocycles. The van der Waals surface area contributed by atoms with E-state index in [1.54, 1.807) is 48.9 Å². The molecule has 43 heavy (non-hydrogen) atoms. The summed E-state index contributed by atoms with van der Waals surface area (Å²) in [5.41, 5.74) is 2.83. The SMILES string of the molecule is CCn1cncc1Cn1c(CN2CCC(Oc3cnc(COc4ccc(Cl)cc4Cl)o3)CC2)nc2ccc(C(=O)O)cc21. The largest absolute Gasteiger partial charge is 0.482 e. The number of fused-ring (bicyclic) bond motifs is 1. The summed E-state index contributed by atoms with van der Waals surface area (Å²) in [6.07, 6.45) is 6.80. The number of hydrogen-bond donors (Lipinski definition) is 1. The first-order chi connectivity index (χ1) is 20.9. The highest BCUT2D eigenvalue weighted by molar-refractivity contribution is 6.35. The topological polar surface area (TPSA) is 121 Å². The third-order valence-electron chi connectivity index (χ3n) is 7.49. The second-order valence-electron chi connectivity index (χ2n) is 10.3. The van der Waals surface area contributed by atoms with Gasteiger partial charge in [0.2, 0.25) is 5.89 Å². The Morgan fingerprint density at radius 2 is 1.95 bits per heavy atom. The molecule has 0 amide bonds. The van der Waals surface area contributed by atoms with Crippen molar-refractivity contribution in [3.63, 3.8) is 0 Å². The van der Waals surface area contributed by atoms with E-state index in [0.29, 0.717) is 40.7 Å². The summed E-state index contributed by atoms with van der Waals surface area (Å²) in [6.45, 7) is 5.75. The molecule has 0 aliphatic carbocycles. The van der Waals surface area contributed by atoms with E-state index in [2.05, 4.69) is 30.9 Å². The van der Waals surface area contributed by atoms with Gasteiger partial charge in [0.1, 0.15) is 23.9 Å². The van der Waals surface area contributed by atoms with Crippen molar-refractivity contribution in [3.05, 3.63) is 88.1 Å². The number of carboxylic acids is 1. The number of piperidine rings is 1. The number of carboxylic acid groups (broad SMARTS) is 1. The molecule has 0 saturated carbocycles. The molecule has 0 unspecified atom stereocenters. The van der Waals surface area contributed by atoms with Crippen molar-refractivity contribution in [2.75, 3.05) is 13.1 Å². The predicted molar refractivity (Wildman–Crippen MR) is 160 cm³/mol. The number of halogens is 2. The van der Waals surface area contributed by atoms with Gasteiger partial charge in [0, 0.05) is 30.9 Å². The Morgan fingerprint density at radius 3 is 2.72 bits per heavy atom. The molecule has 5 aromatic rings. The number of imidazole rings is 2. The van der Waals surface area contributed by atoms with E-state index < -0.39 is 5.97 Å². The average Bonchev–Trinajstić information content (AvgIpc) is 3.72. The van der Waals surface area contributed by atoms with Gasteiger partial charge in [0.15, 0.2) is 6.61 Å². The Bertz CT molecular complexity index is 1740. The van der Waals surface area contributed by atoms with E-state index in [1.807, 2.05) is 6.20 Å². The quantitative estimate of drug-likeness (QED) is 0.191. The van der Waals surface area contributed by atoms with Crippen LogP contribution in [-0.4, -0.2) is 59.3 Å². The highest BCUT2D eigenvalue weighted by atomic mass is 35.5. The lowest BCUT2D eigenvalue weighted by atomic mass is 10.1. The molecule has 11 nitrogen and oxygen atoms in total. The summed E-state index contributed by atoms with van der Waals surface area (Å²) in [5, 5.41) is 10.5. The van der Waals surface area contributed by atoms with Crippen LogP contribution in [0.1, 0.15) is 47.5 Å². The summed E-state index contributed by atoms with van der Waals surface area (Å²) >= 11 is 12.1. The molecule has 1 fully saturated rings. The number of aryl methyl sites for hydroxylation is 1. The van der Waals surface area contributed by atoms with E-state index in [0.717, 1.165) is 55.0 Å². The standard InChI is InChI=1S/C30H30Cl2N6O5/c1-2-37-18-33-13-21(37)15-38-25-11-19(30(39)40)3-5-24(25)35-27(38)16-36-9-7-22(8-10-36)42-29-14-34-28(43-29)17-41-26-6-4-20(31)12-23(26)32/h3-6,11-14,18,22H,2,7-10,15-17H2,1H3,(H,39,40). The number of aromatic carboxylic acids is 1. The van der Waals surface area contributed by atoms with E-state index >= 15 is 0 Å². The molecule has 2 aromatic carbocycles. The zero-order chi connectivity index (χ0) is 29.9. The van der Waals surface area contributed by atoms with Crippen LogP contribution in [-0.2, 0) is 26.2 Å². The van der Waals surface area contributed by atoms with Crippen LogP contribution in [0.2, 0.25) is 10.0 Å². The first-order valence-corrected chi connectivity index (χ1v) is 14.7. The molecule has 1 saturated heterocycles. The molecule has 4 heterocycles. The van der Waals surface area contributed by atoms with Crippen molar-refractivity contribution >= 4 is 40.2 Å². The van der Waals surface area contributed by atoms with Crippen molar-refractivity contribution in [2.24, 2.45) is 0 Å². The highest BCUT2D eigenvalue weighted by Crippen LogP contribution is 2.29. The Kier molecular flexibility index (Phi) is 8.55. The van der Waals surface area contributed by atoms with Crippen LogP contribution < -0.4 is 9.47 Å². The fourth-order valence-electron chi connectivity index (χ4n) is 5.23. The number of rotatable bonds is 11. The zero-order valence-electron chi connectivity index (χ0n) is 23.4. The van der Waals surface area contributed by atoms with Crippen molar-refractivity contribution in [1.29, 1.82) is 0 Å². The van der Waals surface area contributed by atoms with Crippen LogP contribution in [0.5, 0.6) is 11.7 Å². The first-order valence-electron chi connectivity index (χ1n) is 14.0. The number of nitrogens with zero attached hydrogens (tertiary/aromatic N) is 6. The number of aromatic nitrogens is 5. The second-order valence-corrected chi connectivity index (χ2v) is 11.2. The number of ether oxygens (including phenoxy) is 2. The van der Waals surface area contributed by atoms with Gasteiger partial charge < -0.3 is 28.1 Å². The van der Waals surface area contributed by atoms with Gasteiger partial charge in [0.25, 0.3) is 0 Å². The van der Waals surface area contributed by atoms with Crippen molar-refractivity contribution in [1.82, 2.24) is 29.0 Å². The van der Waals surface area contributed by atoms with E-state index in [1.165, 1.54) is 0 Å². The van der Waals surface area contributed by atoms with Gasteiger partial charge in [0.05, 0.1) is 46.7 Å². The minimum absolute atomic E-state index is 0.0143. The summed E-state index contributed by atoms with van der Waals surface area (Å²) in [4.78, 5) is 27.5. The normalized spacial score (nSPS) is 14.4. The average molecular weight is 626 g/mol. The molecular formula is C30H30Cl2N6O5. The van der Waals surface area contributed by atoms with Crippen molar-refractivity contribution < 1.29 is 23.8 Å². The lowest BCUT2D eigenvalue weighted by Gasteiger charge is -2.31. The summed E-state index contributed by atoms with van der Waals surface area (Å²) in [5.74, 6) is 1.14. The van der Waals surface area contributed by atoms with E-state index in [-0.39, 0.29) is 18.3 Å². The van der Waals surface area contributed by atoms with Gasteiger partial charge in [-0.3, -0.25) is 4.90 Å². The van der Waals surface area contributed by atoms with Gasteiger partial charge in [-0.05, 0) is 56.2 Å². The maximum Gasteiger partial charge on any atom is 0.335 e. The number of hydrogen-bond acceptors (Lipinski definition) is 8. The van der Waals surface area contributed by atoms with Crippen LogP contribution in [0.15, 0.2) is 59.5 Å². The first kappa shape index (κ1) is 29.0. The Balaban J connectivity index is 1.08. The van der Waals surface area contributed by atoms with Crippen molar-refractivity contribution in [2.45, 2.75) is 52.1 Å². The van der Waals surface area contributed by atoms with Crippen LogP contribution in [0.4, 0.5) is 0 Å². The van der Waals surface area contributed by atoms with Gasteiger partial charge in [-0.25, -0.2) is 19.7 Å². The third kappa shape index (κ3) is 6.64. The Labute approximate surface area is 257 Å². The Hall–Kier alpha value is -4.06. The molecular weight excluding hydrogens is 595 g/mol. The molecule has 0 radical (unpaired) electrons. The monoisotopic (exact) mass is 624 g/mol. The summed E-state index contributed by atoms with van der Waals surface area (Å²) in [7, 11) is 0. The van der Waals surface area contributed by atoms with Crippen molar-refractivity contribution in [3.8, 4) is 11.7 Å². The third-order valence-corrected chi connectivity index (χ3v) is 8.02. The summed E-state index contributed by atoms with van der Waals surface area (Å²) < 4.78 is 21.7. The smallest absolute Gasteiger partial charge is 0.335 e. The fourth-order valence-corrected chi connectivity index (χ4v) is 5.69. The number of likely N-dealkylation sites (tertiary alicyclic amines) is 1. The number of oxazole rings is 1. The minimum atomic E-state index is -0.964. The maximum atomic E-state index is 11.7. The fraction of sp³-hybridized carbons (Fsp3) is 0.333. The van der Waals surface area contributed by atoms with E-state index in [9.17, 15) is 9.90 Å². The van der Waals surface area contributed by atoms with E-state index in [4.69, 9.17) is 42.1 Å². The molecule has 3 aromatic heterocycles. The van der Waals surface area contributed by atoms with Gasteiger partial charge >= 0.3 is 11.9 Å². The molecule has 0 atom stereocenters. The molecule has 0 spiro atoms. The molecule has 1 N–H and O–H groups in total. The van der Waals surface area contributed by atoms with Crippen LogP contribution in [0.25, 0.3) is 11.0 Å². The number of carbonyl (C=O) groups is 1. The molecule has 13 heteroatoms. The minimum Gasteiger partial charge on any atom is -0.482 e. The second kappa shape index (κ2) is 12.7. The Morgan fingerprint density at radius 1 is 1.12 bits per heavy atom. The van der Waals surface area contributed by atoms with Crippen LogP contribution in [0.3, 0.4) is 0 Å². The van der Waals surface area contributed by atoms with Gasteiger partial charge in [-0.15, -0.1) is 0 Å².